The molecule has 0 aliphatic heterocycles. The van der Waals surface area contributed by atoms with Crippen molar-refractivity contribution < 1.29 is 13.9 Å². The van der Waals surface area contributed by atoms with E-state index >= 15 is 0 Å². The van der Waals surface area contributed by atoms with Gasteiger partial charge in [0.1, 0.15) is 11.3 Å². The Morgan fingerprint density at radius 2 is 1.78 bits per heavy atom. The number of allylic oxidation sites excluding steroid dienone is 1. The van der Waals surface area contributed by atoms with Gasteiger partial charge < -0.3 is 14.5 Å². The predicted molar refractivity (Wildman–Crippen MR) is 149 cm³/mol. The average molecular weight is 476 g/mol. The number of benzene rings is 4. The minimum atomic E-state index is -0.175. The highest BCUT2D eigenvalue weighted by Crippen LogP contribution is 2.38. The van der Waals surface area contributed by atoms with Crippen LogP contribution in [-0.2, 0) is 4.79 Å². The third kappa shape index (κ3) is 4.50. The number of ether oxygens (including phenoxy) is 1. The number of hydrogen-bond acceptors (Lipinski definition) is 3. The van der Waals surface area contributed by atoms with E-state index in [0.29, 0.717) is 12.4 Å². The summed E-state index contributed by atoms with van der Waals surface area (Å²) in [5.74, 6) is 0.517. The molecule has 0 spiro atoms. The summed E-state index contributed by atoms with van der Waals surface area (Å²) in [6.07, 6.45) is 3.42. The van der Waals surface area contributed by atoms with Crippen molar-refractivity contribution in [1.29, 1.82) is 0 Å². The first kappa shape index (κ1) is 23.4. The Morgan fingerprint density at radius 1 is 0.972 bits per heavy atom. The van der Waals surface area contributed by atoms with E-state index in [9.17, 15) is 4.79 Å². The first-order valence-corrected chi connectivity index (χ1v) is 12.2. The predicted octanol–water partition coefficient (Wildman–Crippen LogP) is 8.31. The lowest BCUT2D eigenvalue weighted by Crippen LogP contribution is -2.10. The summed E-state index contributed by atoms with van der Waals surface area (Å²) in [7, 11) is 0. The number of furan rings is 1. The molecule has 0 aliphatic rings. The SMILES string of the molecule is CCOc1cc2occ(-c3ccc4ccccc4c3)c2cc1/C(C)=C/C(=O)Nc1cccc(C)c1C. The van der Waals surface area contributed by atoms with Gasteiger partial charge in [-0.2, -0.15) is 0 Å². The number of nitrogens with one attached hydrogen (secondary N) is 1. The maximum Gasteiger partial charge on any atom is 0.248 e. The van der Waals surface area contributed by atoms with Crippen LogP contribution >= 0.6 is 0 Å². The van der Waals surface area contributed by atoms with Gasteiger partial charge in [-0.15, -0.1) is 0 Å². The van der Waals surface area contributed by atoms with Crippen LogP contribution in [0.3, 0.4) is 0 Å². The zero-order valence-electron chi connectivity index (χ0n) is 21.0. The molecule has 1 heterocycles. The molecule has 4 nitrogen and oxygen atoms in total. The summed E-state index contributed by atoms with van der Waals surface area (Å²) in [6.45, 7) is 8.44. The molecule has 0 atom stereocenters. The smallest absolute Gasteiger partial charge is 0.248 e. The molecule has 36 heavy (non-hydrogen) atoms. The molecule has 5 aromatic rings. The Morgan fingerprint density at radius 3 is 2.58 bits per heavy atom. The Bertz CT molecular complexity index is 1620. The molecular formula is C32H29NO3. The van der Waals surface area contributed by atoms with Crippen LogP contribution in [0.5, 0.6) is 5.75 Å². The van der Waals surface area contributed by atoms with Crippen molar-refractivity contribution >= 4 is 38.9 Å². The molecule has 180 valence electrons. The molecule has 0 saturated carbocycles. The molecule has 0 radical (unpaired) electrons. The van der Waals surface area contributed by atoms with E-state index in [2.05, 4.69) is 41.7 Å². The minimum Gasteiger partial charge on any atom is -0.493 e. The summed E-state index contributed by atoms with van der Waals surface area (Å²) >= 11 is 0. The quantitative estimate of drug-likeness (QED) is 0.251. The number of carbonyl (C=O) groups excluding carboxylic acids is 1. The number of carbonyl (C=O) groups is 1. The van der Waals surface area contributed by atoms with Gasteiger partial charge in [0.2, 0.25) is 5.91 Å². The highest BCUT2D eigenvalue weighted by Gasteiger charge is 2.16. The molecule has 1 amide bonds. The summed E-state index contributed by atoms with van der Waals surface area (Å²) in [4.78, 5) is 12.9. The monoisotopic (exact) mass is 475 g/mol. The lowest BCUT2D eigenvalue weighted by molar-refractivity contribution is -0.111. The largest absolute Gasteiger partial charge is 0.493 e. The average Bonchev–Trinajstić information content (AvgIpc) is 3.29. The van der Waals surface area contributed by atoms with E-state index < -0.39 is 0 Å². The maximum absolute atomic E-state index is 12.9. The van der Waals surface area contributed by atoms with Crippen LogP contribution < -0.4 is 10.1 Å². The first-order chi connectivity index (χ1) is 17.4. The van der Waals surface area contributed by atoms with Gasteiger partial charge in [0, 0.05) is 34.3 Å². The van der Waals surface area contributed by atoms with Crippen molar-refractivity contribution in [3.8, 4) is 16.9 Å². The molecule has 4 heteroatoms. The van der Waals surface area contributed by atoms with Gasteiger partial charge in [-0.3, -0.25) is 4.79 Å². The van der Waals surface area contributed by atoms with Crippen LogP contribution in [0.4, 0.5) is 5.69 Å². The van der Waals surface area contributed by atoms with Crippen molar-refractivity contribution in [2.75, 3.05) is 11.9 Å². The number of aryl methyl sites for hydroxylation is 1. The van der Waals surface area contributed by atoms with E-state index in [1.165, 1.54) is 10.8 Å². The highest BCUT2D eigenvalue weighted by atomic mass is 16.5. The highest BCUT2D eigenvalue weighted by molar-refractivity contribution is 6.06. The molecule has 0 aliphatic carbocycles. The van der Waals surface area contributed by atoms with Gasteiger partial charge in [-0.05, 0) is 78.9 Å². The summed E-state index contributed by atoms with van der Waals surface area (Å²) in [6, 6.07) is 24.6. The zero-order chi connectivity index (χ0) is 25.2. The molecule has 1 N–H and O–H groups in total. The van der Waals surface area contributed by atoms with E-state index in [-0.39, 0.29) is 5.91 Å². The third-order valence-electron chi connectivity index (χ3n) is 6.67. The van der Waals surface area contributed by atoms with Crippen molar-refractivity contribution in [3.63, 3.8) is 0 Å². The van der Waals surface area contributed by atoms with E-state index in [4.69, 9.17) is 9.15 Å². The lowest BCUT2D eigenvalue weighted by Gasteiger charge is -2.12. The third-order valence-corrected chi connectivity index (χ3v) is 6.67. The summed E-state index contributed by atoms with van der Waals surface area (Å²) in [5, 5.41) is 6.37. The van der Waals surface area contributed by atoms with Crippen molar-refractivity contribution in [2.24, 2.45) is 0 Å². The van der Waals surface area contributed by atoms with Crippen molar-refractivity contribution in [3.05, 3.63) is 102 Å². The van der Waals surface area contributed by atoms with Gasteiger partial charge in [-0.25, -0.2) is 0 Å². The molecule has 0 bridgehead atoms. The fourth-order valence-corrected chi connectivity index (χ4v) is 4.55. The van der Waals surface area contributed by atoms with Crippen LogP contribution in [0.1, 0.15) is 30.5 Å². The minimum absolute atomic E-state index is 0.175. The lowest BCUT2D eigenvalue weighted by atomic mass is 9.97. The normalized spacial score (nSPS) is 11.7. The maximum atomic E-state index is 12.9. The van der Waals surface area contributed by atoms with Crippen molar-refractivity contribution in [1.82, 2.24) is 0 Å². The van der Waals surface area contributed by atoms with E-state index in [1.54, 1.807) is 12.3 Å². The second-order valence-electron chi connectivity index (χ2n) is 9.05. The molecule has 0 fully saturated rings. The first-order valence-electron chi connectivity index (χ1n) is 12.2. The molecule has 5 rings (SSSR count). The number of anilines is 1. The second-order valence-corrected chi connectivity index (χ2v) is 9.05. The Kier molecular flexibility index (Phi) is 6.34. The topological polar surface area (TPSA) is 51.5 Å². The number of fused-ring (bicyclic) bond motifs is 2. The molecule has 4 aromatic carbocycles. The molecular weight excluding hydrogens is 446 g/mol. The van der Waals surface area contributed by atoms with Gasteiger partial charge in [0.05, 0.1) is 12.9 Å². The zero-order valence-corrected chi connectivity index (χ0v) is 21.0. The van der Waals surface area contributed by atoms with Gasteiger partial charge in [-0.1, -0.05) is 48.5 Å². The van der Waals surface area contributed by atoms with Gasteiger partial charge >= 0.3 is 0 Å². The fraction of sp³-hybridized carbons (Fsp3) is 0.156. The van der Waals surface area contributed by atoms with Crippen LogP contribution in [0.15, 0.2) is 89.6 Å². The molecule has 0 saturated heterocycles. The fourth-order valence-electron chi connectivity index (χ4n) is 4.55. The Hall–Kier alpha value is -4.31. The summed E-state index contributed by atoms with van der Waals surface area (Å²) in [5.41, 5.74) is 7.53. The van der Waals surface area contributed by atoms with E-state index in [1.807, 2.05) is 64.1 Å². The number of amides is 1. The Balaban J connectivity index is 1.55. The molecule has 1 aromatic heterocycles. The summed E-state index contributed by atoms with van der Waals surface area (Å²) < 4.78 is 11.9. The van der Waals surface area contributed by atoms with Crippen LogP contribution in [0.2, 0.25) is 0 Å². The number of hydrogen-bond donors (Lipinski definition) is 1. The van der Waals surface area contributed by atoms with Crippen LogP contribution in [-0.4, -0.2) is 12.5 Å². The van der Waals surface area contributed by atoms with Crippen molar-refractivity contribution in [2.45, 2.75) is 27.7 Å². The second kappa shape index (κ2) is 9.74. The van der Waals surface area contributed by atoms with E-state index in [0.717, 1.165) is 50.0 Å². The van der Waals surface area contributed by atoms with Crippen LogP contribution in [0.25, 0.3) is 38.4 Å². The Labute approximate surface area is 211 Å². The number of rotatable bonds is 6. The van der Waals surface area contributed by atoms with Gasteiger partial charge in [0.25, 0.3) is 0 Å². The standard InChI is InChI=1S/C32H29NO3/c1-5-35-30-18-31-27(28(19-36-31)25-14-13-23-10-6-7-11-24(23)16-25)17-26(30)21(3)15-32(34)33-29-12-8-9-20(2)22(29)4/h6-19H,5H2,1-4H3,(H,33,34)/b21-15+. The van der Waals surface area contributed by atoms with Crippen LogP contribution in [0, 0.1) is 13.8 Å². The molecule has 0 unspecified atom stereocenters. The van der Waals surface area contributed by atoms with Gasteiger partial charge in [0.15, 0.2) is 0 Å².